The van der Waals surface area contributed by atoms with Gasteiger partial charge in [-0.1, -0.05) is 11.6 Å². The van der Waals surface area contributed by atoms with E-state index in [9.17, 15) is 0 Å². The van der Waals surface area contributed by atoms with Crippen molar-refractivity contribution >= 4 is 33.3 Å². The van der Waals surface area contributed by atoms with Gasteiger partial charge in [-0.25, -0.2) is 0 Å². The molecule has 0 aliphatic heterocycles. The van der Waals surface area contributed by atoms with Gasteiger partial charge in [0.05, 0.1) is 10.7 Å². The average Bonchev–Trinajstić information content (AvgIpc) is 2.50. The lowest BCUT2D eigenvalue weighted by Crippen LogP contribution is -2.04. The minimum Gasteiger partial charge on any atom is -0.383 e. The van der Waals surface area contributed by atoms with Crippen LogP contribution in [0, 0.1) is 0 Å². The zero-order chi connectivity index (χ0) is 10.1. The molecule has 0 aromatic carbocycles. The second-order valence-electron chi connectivity index (χ2n) is 2.50. The third-order valence-electron chi connectivity index (χ3n) is 1.59. The van der Waals surface area contributed by atoms with Gasteiger partial charge in [-0.05, 0) is 28.1 Å². The van der Waals surface area contributed by atoms with E-state index in [2.05, 4.69) is 31.2 Å². The molecule has 2 N–H and O–H groups in total. The second kappa shape index (κ2) is 3.55. The normalized spacial score (nSPS) is 10.4. The van der Waals surface area contributed by atoms with Gasteiger partial charge >= 0.3 is 0 Å². The van der Waals surface area contributed by atoms with Crippen LogP contribution in [0.25, 0.3) is 5.82 Å². The lowest BCUT2D eigenvalue weighted by Gasteiger charge is -2.01. The highest BCUT2D eigenvalue weighted by molar-refractivity contribution is 9.10. The number of rotatable bonds is 1. The lowest BCUT2D eigenvalue weighted by atomic mass is 10.5. The first kappa shape index (κ1) is 9.42. The molecule has 0 bridgehead atoms. The smallest absolute Gasteiger partial charge is 0.178 e. The quantitative estimate of drug-likeness (QED) is 0.858. The predicted molar refractivity (Wildman–Crippen MR) is 56.3 cm³/mol. The molecule has 0 radical (unpaired) electrons. The largest absolute Gasteiger partial charge is 0.383 e. The van der Waals surface area contributed by atoms with Crippen molar-refractivity contribution in [2.24, 2.45) is 0 Å². The molecule has 14 heavy (non-hydrogen) atoms. The van der Waals surface area contributed by atoms with Crippen molar-refractivity contribution in [3.05, 3.63) is 28.0 Å². The van der Waals surface area contributed by atoms with E-state index in [1.165, 1.54) is 4.68 Å². The van der Waals surface area contributed by atoms with E-state index in [4.69, 9.17) is 17.3 Å². The van der Waals surface area contributed by atoms with Crippen LogP contribution >= 0.6 is 27.5 Å². The standard InChI is InChI=1S/C7H5BrClN5/c8-4-3-11-14(7(4)10)6-2-1-5(9)12-13-6/h1-3H,10H2. The monoisotopic (exact) mass is 273 g/mol. The summed E-state index contributed by atoms with van der Waals surface area (Å²) in [4.78, 5) is 0. The Morgan fingerprint density at radius 3 is 2.64 bits per heavy atom. The van der Waals surface area contributed by atoms with Crippen LogP contribution < -0.4 is 5.73 Å². The van der Waals surface area contributed by atoms with E-state index in [1.807, 2.05) is 0 Å². The van der Waals surface area contributed by atoms with Crippen molar-refractivity contribution in [3.63, 3.8) is 0 Å². The van der Waals surface area contributed by atoms with Crippen LogP contribution in [0.3, 0.4) is 0 Å². The molecule has 0 fully saturated rings. The van der Waals surface area contributed by atoms with Gasteiger partial charge in [0, 0.05) is 0 Å². The second-order valence-corrected chi connectivity index (χ2v) is 3.75. The molecule has 2 aromatic rings. The van der Waals surface area contributed by atoms with E-state index >= 15 is 0 Å². The maximum atomic E-state index is 5.73. The van der Waals surface area contributed by atoms with E-state index in [0.29, 0.717) is 21.3 Å². The third-order valence-corrected chi connectivity index (χ3v) is 2.41. The van der Waals surface area contributed by atoms with E-state index < -0.39 is 0 Å². The van der Waals surface area contributed by atoms with Crippen LogP contribution in [-0.4, -0.2) is 20.0 Å². The Balaban J connectivity index is 2.49. The highest BCUT2D eigenvalue weighted by atomic mass is 79.9. The summed E-state index contributed by atoms with van der Waals surface area (Å²) in [6.07, 6.45) is 1.59. The zero-order valence-electron chi connectivity index (χ0n) is 6.85. The van der Waals surface area contributed by atoms with Crippen molar-refractivity contribution in [1.82, 2.24) is 20.0 Å². The molecule has 72 valence electrons. The summed E-state index contributed by atoms with van der Waals surface area (Å²) < 4.78 is 2.18. The SMILES string of the molecule is Nc1c(Br)cnn1-c1ccc(Cl)nn1. The molecule has 0 saturated carbocycles. The lowest BCUT2D eigenvalue weighted by molar-refractivity contribution is 0.823. The molecule has 2 rings (SSSR count). The number of hydrogen-bond donors (Lipinski definition) is 1. The molecule has 0 unspecified atom stereocenters. The Morgan fingerprint density at radius 1 is 1.36 bits per heavy atom. The first-order chi connectivity index (χ1) is 6.68. The third kappa shape index (κ3) is 1.58. The first-order valence-electron chi connectivity index (χ1n) is 3.67. The summed E-state index contributed by atoms with van der Waals surface area (Å²) in [6.45, 7) is 0. The van der Waals surface area contributed by atoms with Gasteiger partial charge in [0.25, 0.3) is 0 Å². The topological polar surface area (TPSA) is 69.6 Å². The van der Waals surface area contributed by atoms with Crippen molar-refractivity contribution in [3.8, 4) is 5.82 Å². The number of anilines is 1. The van der Waals surface area contributed by atoms with Crippen molar-refractivity contribution in [2.75, 3.05) is 5.73 Å². The number of hydrogen-bond acceptors (Lipinski definition) is 4. The van der Waals surface area contributed by atoms with E-state index in [-0.39, 0.29) is 0 Å². The molecular formula is C7H5BrClN5. The van der Waals surface area contributed by atoms with Crippen LogP contribution in [0.5, 0.6) is 0 Å². The number of halogens is 2. The van der Waals surface area contributed by atoms with Crippen LogP contribution in [0.1, 0.15) is 0 Å². The zero-order valence-corrected chi connectivity index (χ0v) is 9.20. The van der Waals surface area contributed by atoms with Crippen LogP contribution in [0.4, 0.5) is 5.82 Å². The maximum Gasteiger partial charge on any atom is 0.178 e. The summed E-state index contributed by atoms with van der Waals surface area (Å²) in [5.41, 5.74) is 5.73. The Kier molecular flexibility index (Phi) is 2.39. The summed E-state index contributed by atoms with van der Waals surface area (Å²) in [7, 11) is 0. The highest BCUT2D eigenvalue weighted by Gasteiger charge is 2.07. The summed E-state index contributed by atoms with van der Waals surface area (Å²) in [5.74, 6) is 0.999. The van der Waals surface area contributed by atoms with Gasteiger partial charge in [-0.3, -0.25) is 0 Å². The highest BCUT2D eigenvalue weighted by Crippen LogP contribution is 2.20. The Bertz CT molecular complexity index is 452. The molecule has 2 aromatic heterocycles. The fourth-order valence-corrected chi connectivity index (χ4v) is 1.30. The van der Waals surface area contributed by atoms with Gasteiger partial charge in [-0.15, -0.1) is 10.2 Å². The van der Waals surface area contributed by atoms with Gasteiger partial charge in [0.2, 0.25) is 0 Å². The van der Waals surface area contributed by atoms with Crippen molar-refractivity contribution in [2.45, 2.75) is 0 Å². The van der Waals surface area contributed by atoms with Gasteiger partial charge < -0.3 is 5.73 Å². The molecule has 2 heterocycles. The van der Waals surface area contributed by atoms with Crippen molar-refractivity contribution < 1.29 is 0 Å². The maximum absolute atomic E-state index is 5.73. The fraction of sp³-hybridized carbons (Fsp3) is 0. The molecule has 0 amide bonds. The predicted octanol–water partition coefficient (Wildman–Crippen LogP) is 1.66. The Labute approximate surface area is 93.0 Å². The van der Waals surface area contributed by atoms with Crippen LogP contribution in [0.2, 0.25) is 5.15 Å². The molecular weight excluding hydrogens is 269 g/mol. The molecule has 0 aliphatic carbocycles. The molecule has 0 saturated heterocycles. The Hall–Kier alpha value is -1.14. The fourth-order valence-electron chi connectivity index (χ4n) is 0.942. The number of aromatic nitrogens is 4. The number of nitrogens with zero attached hydrogens (tertiary/aromatic N) is 4. The summed E-state index contributed by atoms with van der Waals surface area (Å²) >= 11 is 8.85. The average molecular weight is 275 g/mol. The molecule has 0 spiro atoms. The summed E-state index contributed by atoms with van der Waals surface area (Å²) in [5, 5.41) is 11.9. The summed E-state index contributed by atoms with van der Waals surface area (Å²) in [6, 6.07) is 3.31. The van der Waals surface area contributed by atoms with E-state index in [1.54, 1.807) is 18.3 Å². The number of nitrogens with two attached hydrogens (primary N) is 1. The molecule has 0 atom stereocenters. The number of nitrogen functional groups attached to an aromatic ring is 1. The molecule has 7 heteroatoms. The van der Waals surface area contributed by atoms with Crippen LogP contribution in [-0.2, 0) is 0 Å². The first-order valence-corrected chi connectivity index (χ1v) is 4.84. The minimum atomic E-state index is 0.332. The van der Waals surface area contributed by atoms with Gasteiger partial charge in [0.1, 0.15) is 5.82 Å². The van der Waals surface area contributed by atoms with E-state index in [0.717, 1.165) is 0 Å². The Morgan fingerprint density at radius 2 is 2.14 bits per heavy atom. The molecule has 0 aliphatic rings. The molecule has 5 nitrogen and oxygen atoms in total. The minimum absolute atomic E-state index is 0.332. The van der Waals surface area contributed by atoms with Gasteiger partial charge in [0.15, 0.2) is 11.0 Å². The van der Waals surface area contributed by atoms with Crippen LogP contribution in [0.15, 0.2) is 22.8 Å². The van der Waals surface area contributed by atoms with Gasteiger partial charge in [-0.2, -0.15) is 9.78 Å². The van der Waals surface area contributed by atoms with Crippen molar-refractivity contribution in [1.29, 1.82) is 0 Å².